The van der Waals surface area contributed by atoms with E-state index in [9.17, 15) is 13.2 Å². The Labute approximate surface area is 112 Å². The molecule has 0 aromatic carbocycles. The van der Waals surface area contributed by atoms with Crippen molar-refractivity contribution in [3.63, 3.8) is 0 Å². The minimum atomic E-state index is -1.33. The number of hydrogen-bond donors (Lipinski definition) is 1. The van der Waals surface area contributed by atoms with E-state index in [4.69, 9.17) is 0 Å². The monoisotopic (exact) mass is 287 g/mol. The molecule has 0 saturated carbocycles. The minimum Gasteiger partial charge on any atom is -0.360 e. The fraction of sp³-hybridized carbons (Fsp3) is 0.333. The molecule has 0 aliphatic carbocycles. The highest BCUT2D eigenvalue weighted by molar-refractivity contribution is 7.11. The van der Waals surface area contributed by atoms with Crippen LogP contribution in [0.15, 0.2) is 6.07 Å². The normalized spacial score (nSPS) is 12.5. The lowest BCUT2D eigenvalue weighted by atomic mass is 10.2. The van der Waals surface area contributed by atoms with Gasteiger partial charge in [-0.3, -0.25) is 0 Å². The lowest BCUT2D eigenvalue weighted by Crippen LogP contribution is -2.10. The molecule has 7 heteroatoms. The molecule has 1 unspecified atom stereocenters. The summed E-state index contributed by atoms with van der Waals surface area (Å²) >= 11 is 1.46. The van der Waals surface area contributed by atoms with Gasteiger partial charge in [-0.15, -0.1) is 11.3 Å². The van der Waals surface area contributed by atoms with Gasteiger partial charge in [-0.1, -0.05) is 0 Å². The number of thiazole rings is 1. The lowest BCUT2D eigenvalue weighted by Gasteiger charge is -2.14. The summed E-state index contributed by atoms with van der Waals surface area (Å²) in [6.45, 7) is 5.48. The summed E-state index contributed by atoms with van der Waals surface area (Å²) in [5.74, 6) is -3.87. The molecule has 0 spiro atoms. The standard InChI is InChI=1S/C12H12F3N3S/c1-5-10(19-7(3)16-5)6(2)17-12-9(14)4-8(13)11(15)18-12/h4,6H,1-3H3,(H,17,18). The molecule has 1 N–H and O–H groups in total. The number of rotatable bonds is 3. The van der Waals surface area contributed by atoms with Crippen LogP contribution in [0.5, 0.6) is 0 Å². The van der Waals surface area contributed by atoms with Gasteiger partial charge in [0.15, 0.2) is 17.5 Å². The largest absolute Gasteiger partial charge is 0.360 e. The molecule has 0 saturated heterocycles. The van der Waals surface area contributed by atoms with E-state index in [0.29, 0.717) is 6.07 Å². The van der Waals surface area contributed by atoms with Crippen LogP contribution in [-0.4, -0.2) is 9.97 Å². The maximum atomic E-state index is 13.5. The molecule has 0 aliphatic rings. The molecule has 0 radical (unpaired) electrons. The fourth-order valence-electron chi connectivity index (χ4n) is 1.76. The molecule has 2 heterocycles. The van der Waals surface area contributed by atoms with Gasteiger partial charge in [0.1, 0.15) is 0 Å². The fourth-order valence-corrected chi connectivity index (χ4v) is 2.69. The molecule has 0 bridgehead atoms. The zero-order valence-electron chi connectivity index (χ0n) is 10.6. The van der Waals surface area contributed by atoms with Crippen molar-refractivity contribution in [3.05, 3.63) is 39.2 Å². The number of aromatic nitrogens is 2. The first-order valence-corrected chi connectivity index (χ1v) is 6.42. The van der Waals surface area contributed by atoms with Crippen LogP contribution in [0.2, 0.25) is 0 Å². The van der Waals surface area contributed by atoms with Crippen LogP contribution in [0.4, 0.5) is 19.0 Å². The van der Waals surface area contributed by atoms with Gasteiger partial charge in [0.05, 0.1) is 16.7 Å². The van der Waals surface area contributed by atoms with Gasteiger partial charge in [0.2, 0.25) is 0 Å². The lowest BCUT2D eigenvalue weighted by molar-refractivity contribution is 0.466. The van der Waals surface area contributed by atoms with Crippen molar-refractivity contribution in [2.45, 2.75) is 26.8 Å². The van der Waals surface area contributed by atoms with E-state index in [-0.39, 0.29) is 11.9 Å². The average molecular weight is 287 g/mol. The summed E-state index contributed by atoms with van der Waals surface area (Å²) < 4.78 is 39.2. The Morgan fingerprint density at radius 2 is 1.84 bits per heavy atom. The molecule has 1 atom stereocenters. The number of aryl methyl sites for hydroxylation is 2. The van der Waals surface area contributed by atoms with Crippen molar-refractivity contribution >= 4 is 17.2 Å². The van der Waals surface area contributed by atoms with Gasteiger partial charge in [-0.2, -0.15) is 9.37 Å². The van der Waals surface area contributed by atoms with E-state index >= 15 is 0 Å². The second-order valence-corrected chi connectivity index (χ2v) is 5.37. The van der Waals surface area contributed by atoms with E-state index in [1.807, 2.05) is 13.8 Å². The van der Waals surface area contributed by atoms with Crippen LogP contribution in [0, 0.1) is 31.4 Å². The highest BCUT2D eigenvalue weighted by Gasteiger charge is 2.17. The van der Waals surface area contributed by atoms with E-state index in [1.54, 1.807) is 6.92 Å². The molecule has 19 heavy (non-hydrogen) atoms. The molecule has 2 aromatic heterocycles. The molecule has 0 aliphatic heterocycles. The van der Waals surface area contributed by atoms with Crippen molar-refractivity contribution in [1.82, 2.24) is 9.97 Å². The Bertz CT molecular complexity index is 613. The summed E-state index contributed by atoms with van der Waals surface area (Å²) in [6, 6.07) is 0.181. The first-order chi connectivity index (χ1) is 8.88. The summed E-state index contributed by atoms with van der Waals surface area (Å²) in [6.07, 6.45) is 0. The smallest absolute Gasteiger partial charge is 0.251 e. The Kier molecular flexibility index (Phi) is 3.75. The minimum absolute atomic E-state index is 0.293. The maximum absolute atomic E-state index is 13.5. The van der Waals surface area contributed by atoms with Gasteiger partial charge in [-0.25, -0.2) is 13.8 Å². The van der Waals surface area contributed by atoms with Crippen LogP contribution in [-0.2, 0) is 0 Å². The third-order valence-corrected chi connectivity index (χ3v) is 3.83. The van der Waals surface area contributed by atoms with Crippen LogP contribution in [0.25, 0.3) is 0 Å². The summed E-state index contributed by atoms with van der Waals surface area (Å²) in [5, 5.41) is 3.62. The summed E-state index contributed by atoms with van der Waals surface area (Å²) in [5.41, 5.74) is 0.825. The molecule has 2 rings (SSSR count). The molecular weight excluding hydrogens is 275 g/mol. The maximum Gasteiger partial charge on any atom is 0.251 e. The second-order valence-electron chi connectivity index (χ2n) is 4.14. The zero-order valence-corrected chi connectivity index (χ0v) is 11.4. The van der Waals surface area contributed by atoms with Gasteiger partial charge < -0.3 is 5.32 Å². The van der Waals surface area contributed by atoms with Crippen molar-refractivity contribution in [3.8, 4) is 0 Å². The predicted octanol–water partition coefficient (Wildman–Crippen LogP) is 3.75. The summed E-state index contributed by atoms with van der Waals surface area (Å²) in [7, 11) is 0. The highest BCUT2D eigenvalue weighted by atomic mass is 32.1. The third-order valence-electron chi connectivity index (χ3n) is 2.57. The van der Waals surface area contributed by atoms with Crippen molar-refractivity contribution < 1.29 is 13.2 Å². The molecular formula is C12H12F3N3S. The third kappa shape index (κ3) is 2.86. The van der Waals surface area contributed by atoms with Crippen molar-refractivity contribution in [1.29, 1.82) is 0 Å². The van der Waals surface area contributed by atoms with Gasteiger partial charge in [0.25, 0.3) is 5.95 Å². The quantitative estimate of drug-likeness (QED) is 0.874. The number of nitrogens with one attached hydrogen (secondary N) is 1. The van der Waals surface area contributed by atoms with Gasteiger partial charge in [0, 0.05) is 10.9 Å². The average Bonchev–Trinajstić information content (AvgIpc) is 2.65. The molecule has 0 amide bonds. The number of anilines is 1. The van der Waals surface area contributed by atoms with Gasteiger partial charge in [-0.05, 0) is 20.8 Å². The Morgan fingerprint density at radius 1 is 1.16 bits per heavy atom. The zero-order chi connectivity index (χ0) is 14.2. The number of hydrogen-bond acceptors (Lipinski definition) is 4. The topological polar surface area (TPSA) is 37.8 Å². The Balaban J connectivity index is 2.26. The highest BCUT2D eigenvalue weighted by Crippen LogP contribution is 2.28. The van der Waals surface area contributed by atoms with E-state index < -0.39 is 17.6 Å². The SMILES string of the molecule is Cc1nc(C)c(C(C)Nc2nc(F)c(F)cc2F)s1. The first-order valence-electron chi connectivity index (χ1n) is 5.60. The molecule has 0 fully saturated rings. The van der Waals surface area contributed by atoms with Gasteiger partial charge >= 0.3 is 0 Å². The van der Waals surface area contributed by atoms with Crippen LogP contribution in [0.1, 0.15) is 28.5 Å². The summed E-state index contributed by atoms with van der Waals surface area (Å²) in [4.78, 5) is 8.39. The Hall–Kier alpha value is -1.63. The first kappa shape index (κ1) is 13.8. The second kappa shape index (κ2) is 5.16. The Morgan fingerprint density at radius 3 is 2.42 bits per heavy atom. The number of halogens is 3. The van der Waals surface area contributed by atoms with Crippen LogP contribution >= 0.6 is 11.3 Å². The van der Waals surface area contributed by atoms with Crippen LogP contribution < -0.4 is 5.32 Å². The number of nitrogens with zero attached hydrogens (tertiary/aromatic N) is 2. The van der Waals surface area contributed by atoms with E-state index in [1.165, 1.54) is 11.3 Å². The molecule has 3 nitrogen and oxygen atoms in total. The van der Waals surface area contributed by atoms with E-state index in [0.717, 1.165) is 15.6 Å². The van der Waals surface area contributed by atoms with Crippen molar-refractivity contribution in [2.24, 2.45) is 0 Å². The van der Waals surface area contributed by atoms with Crippen molar-refractivity contribution in [2.75, 3.05) is 5.32 Å². The van der Waals surface area contributed by atoms with Crippen LogP contribution in [0.3, 0.4) is 0 Å². The number of pyridine rings is 1. The molecule has 2 aromatic rings. The van der Waals surface area contributed by atoms with E-state index in [2.05, 4.69) is 15.3 Å². The predicted molar refractivity (Wildman–Crippen MR) is 67.7 cm³/mol. The molecule has 102 valence electrons.